The molecule has 160 valence electrons. The number of halogens is 1. The highest BCUT2D eigenvalue weighted by Crippen LogP contribution is 2.40. The van der Waals surface area contributed by atoms with E-state index in [9.17, 15) is 9.59 Å². The van der Waals surface area contributed by atoms with Gasteiger partial charge in [-0.15, -0.1) is 0 Å². The maximum Gasteiger partial charge on any atom is 0.257 e. The van der Waals surface area contributed by atoms with Gasteiger partial charge in [-0.05, 0) is 17.7 Å². The zero-order chi connectivity index (χ0) is 22.0. The molecule has 7 nitrogen and oxygen atoms in total. The van der Waals surface area contributed by atoms with Gasteiger partial charge < -0.3 is 19.8 Å². The number of rotatable bonds is 6. The van der Waals surface area contributed by atoms with E-state index in [4.69, 9.17) is 21.1 Å². The van der Waals surface area contributed by atoms with Gasteiger partial charge in [0, 0.05) is 34.7 Å². The van der Waals surface area contributed by atoms with Gasteiger partial charge in [0.05, 0.1) is 19.8 Å². The van der Waals surface area contributed by atoms with Gasteiger partial charge in [0.1, 0.15) is 17.3 Å². The Labute approximate surface area is 188 Å². The normalized spacial score (nSPS) is 15.2. The van der Waals surface area contributed by atoms with Gasteiger partial charge >= 0.3 is 0 Å². The molecule has 0 bridgehead atoms. The number of hydrogen-bond acceptors (Lipinski definition) is 6. The van der Waals surface area contributed by atoms with E-state index in [1.54, 1.807) is 26.4 Å². The van der Waals surface area contributed by atoms with Crippen LogP contribution in [0.2, 0.25) is 5.02 Å². The molecule has 0 saturated heterocycles. The molecule has 1 aromatic heterocycles. The smallest absolute Gasteiger partial charge is 0.257 e. The molecule has 31 heavy (non-hydrogen) atoms. The van der Waals surface area contributed by atoms with Crippen LogP contribution in [0, 0.1) is 0 Å². The SMILES string of the molecule is COc1ccc(C2CC(=O)Nc3nc(SCc4ccccc4Cl)[nH]c(=O)c32)c(OC)c1. The molecule has 2 heterocycles. The van der Waals surface area contributed by atoms with Crippen LogP contribution in [0.1, 0.15) is 29.0 Å². The summed E-state index contributed by atoms with van der Waals surface area (Å²) in [5, 5.41) is 3.79. The van der Waals surface area contributed by atoms with Crippen LogP contribution in [0.4, 0.5) is 5.82 Å². The lowest BCUT2D eigenvalue weighted by Crippen LogP contribution is -2.31. The molecule has 0 aliphatic carbocycles. The van der Waals surface area contributed by atoms with E-state index >= 15 is 0 Å². The number of amides is 1. The Bertz CT molecular complexity index is 1200. The summed E-state index contributed by atoms with van der Waals surface area (Å²) in [5.74, 6) is 1.27. The van der Waals surface area contributed by atoms with Crippen LogP contribution in [-0.4, -0.2) is 30.1 Å². The summed E-state index contributed by atoms with van der Waals surface area (Å²) in [6, 6.07) is 12.8. The Morgan fingerprint density at radius 2 is 1.97 bits per heavy atom. The van der Waals surface area contributed by atoms with Gasteiger partial charge in [-0.1, -0.05) is 47.6 Å². The molecule has 2 N–H and O–H groups in total. The predicted octanol–water partition coefficient (Wildman–Crippen LogP) is 4.21. The van der Waals surface area contributed by atoms with Gasteiger partial charge in [0.2, 0.25) is 5.91 Å². The van der Waals surface area contributed by atoms with Crippen molar-refractivity contribution in [1.82, 2.24) is 9.97 Å². The fourth-order valence-electron chi connectivity index (χ4n) is 3.55. The van der Waals surface area contributed by atoms with Crippen LogP contribution in [0.3, 0.4) is 0 Å². The molecule has 0 fully saturated rings. The fourth-order valence-corrected chi connectivity index (χ4v) is 4.70. The van der Waals surface area contributed by atoms with Gasteiger partial charge in [-0.25, -0.2) is 4.98 Å². The minimum absolute atomic E-state index is 0.118. The highest BCUT2D eigenvalue weighted by atomic mass is 35.5. The summed E-state index contributed by atoms with van der Waals surface area (Å²) in [6.45, 7) is 0. The van der Waals surface area contributed by atoms with Crippen LogP contribution in [0.5, 0.6) is 11.5 Å². The molecule has 0 radical (unpaired) electrons. The summed E-state index contributed by atoms with van der Waals surface area (Å²) in [7, 11) is 3.10. The van der Waals surface area contributed by atoms with Crippen molar-refractivity contribution < 1.29 is 14.3 Å². The van der Waals surface area contributed by atoms with Crippen LogP contribution < -0.4 is 20.3 Å². The predicted molar refractivity (Wildman–Crippen MR) is 121 cm³/mol. The number of fused-ring (bicyclic) bond motifs is 1. The fraction of sp³-hybridized carbons (Fsp3) is 0.227. The third kappa shape index (κ3) is 4.40. The first-order valence-electron chi connectivity index (χ1n) is 9.52. The molecule has 0 spiro atoms. The number of thioether (sulfide) groups is 1. The average molecular weight is 458 g/mol. The Kier molecular flexibility index (Phi) is 6.20. The van der Waals surface area contributed by atoms with E-state index in [0.29, 0.717) is 33.0 Å². The number of carbonyl (C=O) groups is 1. The number of nitrogens with one attached hydrogen (secondary N) is 2. The molecule has 1 atom stereocenters. The van der Waals surface area contributed by atoms with Crippen molar-refractivity contribution in [2.45, 2.75) is 23.2 Å². The molecule has 1 unspecified atom stereocenters. The molecule has 9 heteroatoms. The number of anilines is 1. The summed E-state index contributed by atoms with van der Waals surface area (Å²) in [6.07, 6.45) is 0.118. The van der Waals surface area contributed by atoms with Crippen LogP contribution in [0.15, 0.2) is 52.4 Å². The average Bonchev–Trinajstić information content (AvgIpc) is 2.77. The molecular formula is C22H20ClN3O4S. The van der Waals surface area contributed by atoms with Crippen molar-refractivity contribution in [2.75, 3.05) is 19.5 Å². The number of ether oxygens (including phenoxy) is 2. The van der Waals surface area contributed by atoms with E-state index in [1.165, 1.54) is 11.8 Å². The molecular weight excluding hydrogens is 438 g/mol. The van der Waals surface area contributed by atoms with E-state index in [-0.39, 0.29) is 23.7 Å². The Morgan fingerprint density at radius 3 is 2.71 bits per heavy atom. The largest absolute Gasteiger partial charge is 0.497 e. The topological polar surface area (TPSA) is 93.3 Å². The molecule has 1 aliphatic rings. The van der Waals surface area contributed by atoms with Crippen molar-refractivity contribution in [1.29, 1.82) is 0 Å². The minimum atomic E-state index is -0.483. The van der Waals surface area contributed by atoms with Crippen molar-refractivity contribution in [3.8, 4) is 11.5 Å². The zero-order valence-corrected chi connectivity index (χ0v) is 18.5. The van der Waals surface area contributed by atoms with E-state index in [2.05, 4.69) is 15.3 Å². The highest BCUT2D eigenvalue weighted by Gasteiger charge is 2.32. The number of benzene rings is 2. The zero-order valence-electron chi connectivity index (χ0n) is 16.9. The lowest BCUT2D eigenvalue weighted by atomic mass is 9.86. The quantitative estimate of drug-likeness (QED) is 0.425. The lowest BCUT2D eigenvalue weighted by Gasteiger charge is -2.26. The number of nitrogens with zero attached hydrogens (tertiary/aromatic N) is 1. The summed E-state index contributed by atoms with van der Waals surface area (Å²) >= 11 is 7.55. The van der Waals surface area contributed by atoms with Gasteiger partial charge in [-0.3, -0.25) is 9.59 Å². The second kappa shape index (κ2) is 9.03. The number of hydrogen-bond donors (Lipinski definition) is 2. The number of aromatic nitrogens is 2. The third-order valence-corrected chi connectivity index (χ3v) is 6.36. The van der Waals surface area contributed by atoms with Crippen molar-refractivity contribution >= 4 is 35.1 Å². The molecule has 1 amide bonds. The second-order valence-electron chi connectivity index (χ2n) is 6.93. The molecule has 0 saturated carbocycles. The Hall–Kier alpha value is -2.97. The van der Waals surface area contributed by atoms with Gasteiger partial charge in [0.25, 0.3) is 5.56 Å². The van der Waals surface area contributed by atoms with E-state index < -0.39 is 5.92 Å². The maximum atomic E-state index is 13.0. The van der Waals surface area contributed by atoms with E-state index in [0.717, 1.165) is 11.1 Å². The van der Waals surface area contributed by atoms with Crippen LogP contribution >= 0.6 is 23.4 Å². The molecule has 3 aromatic rings. The standard InChI is InChI=1S/C22H20ClN3O4S/c1-29-13-7-8-14(17(9-13)30-2)15-10-18(27)24-20-19(15)21(28)26-22(25-20)31-11-12-5-3-4-6-16(12)23/h3-9,15H,10-11H2,1-2H3,(H2,24,25,26,27,28). The number of aromatic amines is 1. The van der Waals surface area contributed by atoms with Crippen molar-refractivity contribution in [3.63, 3.8) is 0 Å². The monoisotopic (exact) mass is 457 g/mol. The Morgan fingerprint density at radius 1 is 1.16 bits per heavy atom. The first kappa shape index (κ1) is 21.3. The first-order chi connectivity index (χ1) is 15.0. The summed E-state index contributed by atoms with van der Waals surface area (Å²) in [5.41, 5.74) is 1.77. The van der Waals surface area contributed by atoms with Gasteiger partial charge in [-0.2, -0.15) is 0 Å². The molecule has 4 rings (SSSR count). The number of methoxy groups -OCH3 is 2. The maximum absolute atomic E-state index is 13.0. The number of H-pyrrole nitrogens is 1. The van der Waals surface area contributed by atoms with Crippen LogP contribution in [0.25, 0.3) is 0 Å². The highest BCUT2D eigenvalue weighted by molar-refractivity contribution is 7.98. The van der Waals surface area contributed by atoms with Gasteiger partial charge in [0.15, 0.2) is 5.16 Å². The second-order valence-corrected chi connectivity index (χ2v) is 8.30. The summed E-state index contributed by atoms with van der Waals surface area (Å²) in [4.78, 5) is 32.8. The molecule has 1 aliphatic heterocycles. The van der Waals surface area contributed by atoms with Crippen molar-refractivity contribution in [2.24, 2.45) is 0 Å². The minimum Gasteiger partial charge on any atom is -0.497 e. The Balaban J connectivity index is 1.69. The number of carbonyl (C=O) groups excluding carboxylic acids is 1. The van der Waals surface area contributed by atoms with E-state index in [1.807, 2.05) is 30.3 Å². The first-order valence-corrected chi connectivity index (χ1v) is 10.9. The summed E-state index contributed by atoms with van der Waals surface area (Å²) < 4.78 is 10.7. The third-order valence-electron chi connectivity index (χ3n) is 5.07. The van der Waals surface area contributed by atoms with Crippen molar-refractivity contribution in [3.05, 3.63) is 74.5 Å². The lowest BCUT2D eigenvalue weighted by molar-refractivity contribution is -0.116. The molecule has 2 aromatic carbocycles. The van der Waals surface area contributed by atoms with Crippen LogP contribution in [-0.2, 0) is 10.5 Å².